The van der Waals surface area contributed by atoms with Crippen molar-refractivity contribution in [3.63, 3.8) is 0 Å². The minimum absolute atomic E-state index is 0.121. The van der Waals surface area contributed by atoms with Gasteiger partial charge in [0.25, 0.3) is 0 Å². The molecular weight excluding hydrogens is 542 g/mol. The molecule has 214 valence electrons. The number of nitrogens with zero attached hydrogens (tertiary/aromatic N) is 6. The predicted octanol–water partition coefficient (Wildman–Crippen LogP) is 1.48. The Balaban J connectivity index is 1.09. The second-order valence-corrected chi connectivity index (χ2v) is 10.0. The molecule has 0 saturated carbocycles. The highest BCUT2D eigenvalue weighted by molar-refractivity contribution is 5.89. The fourth-order valence-electron chi connectivity index (χ4n) is 5.20. The Bertz CT molecular complexity index is 1620. The zero-order chi connectivity index (χ0) is 28.5. The Kier molecular flexibility index (Phi) is 6.66. The van der Waals surface area contributed by atoms with Gasteiger partial charge in [-0.2, -0.15) is 4.98 Å². The van der Waals surface area contributed by atoms with Crippen molar-refractivity contribution in [2.75, 3.05) is 44.5 Å². The molecule has 4 aliphatic rings. The van der Waals surface area contributed by atoms with E-state index in [1.54, 1.807) is 58.8 Å². The van der Waals surface area contributed by atoms with Gasteiger partial charge in [0.05, 0.1) is 12.7 Å². The average Bonchev–Trinajstić information content (AvgIpc) is 3.81. The largest absolute Gasteiger partial charge is 0.485 e. The van der Waals surface area contributed by atoms with Gasteiger partial charge < -0.3 is 34.1 Å². The number of nitrogens with one attached hydrogen (secondary N) is 1. The number of fused-ring (bicyclic) bond motifs is 2. The highest BCUT2D eigenvalue weighted by atomic mass is 16.7. The van der Waals surface area contributed by atoms with Crippen molar-refractivity contribution < 1.29 is 28.5 Å². The first-order valence-corrected chi connectivity index (χ1v) is 13.5. The smallest absolute Gasteiger partial charge is 0.244 e. The first-order chi connectivity index (χ1) is 20.6. The lowest BCUT2D eigenvalue weighted by atomic mass is 10.1. The SMILES string of the molecule is O=C(NCC1=COC2=CCOC2=C1)C1CN(c2ccnc(-n3ccnc3)n2)CCN1C(=O)Cc1ccc2c(c1)OCO2. The summed E-state index contributed by atoms with van der Waals surface area (Å²) in [5.74, 6) is 3.25. The van der Waals surface area contributed by atoms with Gasteiger partial charge in [0.1, 0.15) is 24.8 Å². The molecule has 2 aromatic heterocycles. The van der Waals surface area contributed by atoms with Gasteiger partial charge >= 0.3 is 0 Å². The van der Waals surface area contributed by atoms with Crippen LogP contribution in [0.1, 0.15) is 5.56 Å². The van der Waals surface area contributed by atoms with Crippen LogP contribution < -0.4 is 19.7 Å². The molecule has 7 rings (SSSR count). The van der Waals surface area contributed by atoms with Crippen LogP contribution in [0.2, 0.25) is 0 Å². The average molecular weight is 570 g/mol. The summed E-state index contributed by atoms with van der Waals surface area (Å²) in [6.45, 7) is 1.92. The summed E-state index contributed by atoms with van der Waals surface area (Å²) in [5, 5.41) is 2.98. The van der Waals surface area contributed by atoms with Crippen LogP contribution in [-0.2, 0) is 25.5 Å². The van der Waals surface area contributed by atoms with Gasteiger partial charge in [-0.1, -0.05) is 6.07 Å². The lowest BCUT2D eigenvalue weighted by molar-refractivity contribution is -0.140. The zero-order valence-corrected chi connectivity index (χ0v) is 22.5. The number of piperazine rings is 1. The Morgan fingerprint density at radius 3 is 2.88 bits per heavy atom. The van der Waals surface area contributed by atoms with Crippen LogP contribution in [0.4, 0.5) is 5.82 Å². The number of ether oxygens (including phenoxy) is 4. The number of hydrogen-bond acceptors (Lipinski definition) is 10. The van der Waals surface area contributed by atoms with Gasteiger partial charge in [-0.15, -0.1) is 0 Å². The number of carbonyl (C=O) groups is 2. The third-order valence-electron chi connectivity index (χ3n) is 7.35. The number of imidazole rings is 1. The minimum atomic E-state index is -0.761. The van der Waals surface area contributed by atoms with E-state index in [0.717, 1.165) is 11.1 Å². The molecule has 2 amide bonds. The lowest BCUT2D eigenvalue weighted by Crippen LogP contribution is -2.61. The summed E-state index contributed by atoms with van der Waals surface area (Å²) in [5.41, 5.74) is 1.53. The first kappa shape index (κ1) is 25.6. The van der Waals surface area contributed by atoms with E-state index in [2.05, 4.69) is 20.3 Å². The monoisotopic (exact) mass is 569 g/mol. The number of hydrogen-bond donors (Lipinski definition) is 1. The van der Waals surface area contributed by atoms with E-state index in [1.165, 1.54) is 0 Å². The Labute approximate surface area is 240 Å². The minimum Gasteiger partial charge on any atom is -0.485 e. The zero-order valence-electron chi connectivity index (χ0n) is 22.5. The van der Waals surface area contributed by atoms with E-state index >= 15 is 0 Å². The molecule has 0 spiro atoms. The standard InChI is InChI=1S/C29H27N7O6/c37-27(13-19-1-2-22-25(11-19)42-18-41-22)36-9-8-34(26-3-5-31-29(33-26)35-7-6-30-17-35)15-21(36)28(38)32-14-20-12-24-23(40-16-20)4-10-39-24/h1-7,11-12,16-17,21H,8-10,13-15,18H2,(H,32,38). The second kappa shape index (κ2) is 10.9. The molecule has 42 heavy (non-hydrogen) atoms. The molecule has 1 unspecified atom stereocenters. The van der Waals surface area contributed by atoms with Crippen molar-refractivity contribution >= 4 is 17.6 Å². The summed E-state index contributed by atoms with van der Waals surface area (Å²) in [6, 6.07) is 6.47. The summed E-state index contributed by atoms with van der Waals surface area (Å²) in [4.78, 5) is 44.0. The summed E-state index contributed by atoms with van der Waals surface area (Å²) in [6.07, 6.45) is 12.1. The van der Waals surface area contributed by atoms with Crippen LogP contribution in [0, 0.1) is 0 Å². The third kappa shape index (κ3) is 5.11. The fourth-order valence-corrected chi connectivity index (χ4v) is 5.20. The van der Waals surface area contributed by atoms with Crippen molar-refractivity contribution in [1.29, 1.82) is 0 Å². The molecule has 0 radical (unpaired) electrons. The molecule has 6 heterocycles. The summed E-state index contributed by atoms with van der Waals surface area (Å²) in [7, 11) is 0. The molecule has 1 fully saturated rings. The van der Waals surface area contributed by atoms with Crippen molar-refractivity contribution in [3.05, 3.63) is 90.3 Å². The molecule has 13 heteroatoms. The van der Waals surface area contributed by atoms with Crippen LogP contribution in [0.25, 0.3) is 5.95 Å². The first-order valence-electron chi connectivity index (χ1n) is 13.5. The number of anilines is 1. The van der Waals surface area contributed by atoms with Crippen molar-refractivity contribution in [3.8, 4) is 17.4 Å². The maximum Gasteiger partial charge on any atom is 0.244 e. The maximum atomic E-state index is 13.7. The lowest BCUT2D eigenvalue weighted by Gasteiger charge is -2.41. The molecule has 0 bridgehead atoms. The predicted molar refractivity (Wildman–Crippen MR) is 147 cm³/mol. The molecule has 1 aromatic carbocycles. The van der Waals surface area contributed by atoms with Crippen molar-refractivity contribution in [2.45, 2.75) is 12.5 Å². The second-order valence-electron chi connectivity index (χ2n) is 10.0. The van der Waals surface area contributed by atoms with Crippen molar-refractivity contribution in [1.82, 2.24) is 29.7 Å². The molecule has 1 atom stereocenters. The number of benzene rings is 1. The fraction of sp³-hybridized carbons (Fsp3) is 0.276. The van der Waals surface area contributed by atoms with Crippen LogP contribution in [-0.4, -0.2) is 81.9 Å². The Hall–Kier alpha value is -5.33. The van der Waals surface area contributed by atoms with Gasteiger partial charge in [-0.05, 0) is 35.9 Å². The maximum absolute atomic E-state index is 13.7. The van der Waals surface area contributed by atoms with Crippen LogP contribution >= 0.6 is 0 Å². The quantitative estimate of drug-likeness (QED) is 0.446. The van der Waals surface area contributed by atoms with Gasteiger partial charge in [0.15, 0.2) is 23.0 Å². The van der Waals surface area contributed by atoms with E-state index in [0.29, 0.717) is 54.5 Å². The molecule has 1 N–H and O–H groups in total. The van der Waals surface area contributed by atoms with E-state index < -0.39 is 6.04 Å². The van der Waals surface area contributed by atoms with Gasteiger partial charge in [-0.3, -0.25) is 14.2 Å². The summed E-state index contributed by atoms with van der Waals surface area (Å²) < 4.78 is 23.7. The van der Waals surface area contributed by atoms with Crippen LogP contribution in [0.5, 0.6) is 11.5 Å². The summed E-state index contributed by atoms with van der Waals surface area (Å²) >= 11 is 0. The van der Waals surface area contributed by atoms with E-state index in [9.17, 15) is 9.59 Å². The van der Waals surface area contributed by atoms with Crippen LogP contribution in [0.3, 0.4) is 0 Å². The molecule has 4 aliphatic heterocycles. The number of amides is 2. The van der Waals surface area contributed by atoms with E-state index in [1.807, 2.05) is 23.1 Å². The normalized spacial score (nSPS) is 18.8. The number of rotatable bonds is 7. The molecule has 1 saturated heterocycles. The third-order valence-corrected chi connectivity index (χ3v) is 7.35. The number of aromatic nitrogens is 4. The van der Waals surface area contributed by atoms with E-state index in [4.69, 9.17) is 18.9 Å². The number of carbonyl (C=O) groups excluding carboxylic acids is 2. The van der Waals surface area contributed by atoms with Crippen molar-refractivity contribution in [2.24, 2.45) is 0 Å². The van der Waals surface area contributed by atoms with Gasteiger partial charge in [-0.25, -0.2) is 9.97 Å². The van der Waals surface area contributed by atoms with Crippen LogP contribution in [0.15, 0.2) is 84.7 Å². The highest BCUT2D eigenvalue weighted by Gasteiger charge is 2.36. The van der Waals surface area contributed by atoms with Gasteiger partial charge in [0, 0.05) is 50.3 Å². The Morgan fingerprint density at radius 2 is 1.98 bits per heavy atom. The van der Waals surface area contributed by atoms with Gasteiger partial charge in [0.2, 0.25) is 24.6 Å². The molecular formula is C29H27N7O6. The topological polar surface area (TPSA) is 133 Å². The Morgan fingerprint density at radius 1 is 1.05 bits per heavy atom. The van der Waals surface area contributed by atoms with E-state index in [-0.39, 0.29) is 38.1 Å². The molecule has 0 aliphatic carbocycles. The molecule has 3 aromatic rings. The highest BCUT2D eigenvalue weighted by Crippen LogP contribution is 2.33. The molecule has 13 nitrogen and oxygen atoms in total.